The second-order valence-corrected chi connectivity index (χ2v) is 5.19. The number of aliphatic imine (C=N–C) groups is 1. The molecule has 1 aliphatic rings. The Balaban J connectivity index is 1.93. The van der Waals surface area contributed by atoms with Gasteiger partial charge < -0.3 is 4.74 Å². The highest BCUT2D eigenvalue weighted by atomic mass is 35.5. The van der Waals surface area contributed by atoms with Crippen molar-refractivity contribution in [2.24, 2.45) is 4.99 Å². The van der Waals surface area contributed by atoms with E-state index in [0.29, 0.717) is 16.6 Å². The van der Waals surface area contributed by atoms with E-state index in [9.17, 15) is 4.79 Å². The van der Waals surface area contributed by atoms with Gasteiger partial charge in [-0.25, -0.2) is 9.79 Å². The lowest BCUT2D eigenvalue weighted by atomic mass is 10.1. The average Bonchev–Trinajstić information content (AvgIpc) is 2.81. The fourth-order valence-electron chi connectivity index (χ4n) is 2.04. The summed E-state index contributed by atoms with van der Waals surface area (Å²) in [6.45, 7) is 2.00. The summed E-state index contributed by atoms with van der Waals surface area (Å²) in [5.41, 5.74) is 3.06. The molecule has 1 aliphatic heterocycles. The van der Waals surface area contributed by atoms with Gasteiger partial charge in [0.05, 0.1) is 0 Å². The van der Waals surface area contributed by atoms with Gasteiger partial charge in [-0.05, 0) is 42.8 Å². The van der Waals surface area contributed by atoms with Crippen molar-refractivity contribution >= 4 is 29.5 Å². The van der Waals surface area contributed by atoms with E-state index in [4.69, 9.17) is 16.3 Å². The van der Waals surface area contributed by atoms with E-state index in [0.717, 1.165) is 16.7 Å². The smallest absolute Gasteiger partial charge is 0.363 e. The first-order valence-corrected chi connectivity index (χ1v) is 6.85. The van der Waals surface area contributed by atoms with Crippen LogP contribution in [0.2, 0.25) is 5.02 Å². The minimum absolute atomic E-state index is 0.297. The fourth-order valence-corrected chi connectivity index (χ4v) is 2.17. The number of halogens is 1. The van der Waals surface area contributed by atoms with Gasteiger partial charge in [0.25, 0.3) is 0 Å². The van der Waals surface area contributed by atoms with Crippen molar-refractivity contribution in [1.82, 2.24) is 0 Å². The molecule has 3 nitrogen and oxygen atoms in total. The number of hydrogen-bond donors (Lipinski definition) is 0. The van der Waals surface area contributed by atoms with E-state index in [-0.39, 0.29) is 0 Å². The first kappa shape index (κ1) is 13.6. The second-order valence-electron chi connectivity index (χ2n) is 4.76. The summed E-state index contributed by atoms with van der Waals surface area (Å²) < 4.78 is 5.20. The van der Waals surface area contributed by atoms with Crippen molar-refractivity contribution in [3.05, 3.63) is 75.9 Å². The minimum Gasteiger partial charge on any atom is -0.402 e. The van der Waals surface area contributed by atoms with Crippen molar-refractivity contribution < 1.29 is 9.53 Å². The number of aryl methyl sites for hydroxylation is 1. The van der Waals surface area contributed by atoms with Gasteiger partial charge in [0.2, 0.25) is 5.90 Å². The van der Waals surface area contributed by atoms with Crippen LogP contribution < -0.4 is 0 Å². The molecule has 0 fully saturated rings. The maximum Gasteiger partial charge on any atom is 0.363 e. The van der Waals surface area contributed by atoms with Crippen LogP contribution in [0.15, 0.2) is 59.2 Å². The van der Waals surface area contributed by atoms with Gasteiger partial charge in [0, 0.05) is 10.6 Å². The monoisotopic (exact) mass is 297 g/mol. The number of rotatable bonds is 2. The molecule has 0 amide bonds. The molecule has 2 aromatic rings. The Morgan fingerprint density at radius 1 is 1.14 bits per heavy atom. The Kier molecular flexibility index (Phi) is 3.59. The minimum atomic E-state index is -0.443. The summed E-state index contributed by atoms with van der Waals surface area (Å²) >= 11 is 5.84. The number of cyclic esters (lactones) is 1. The number of carbonyl (C=O) groups excluding carboxylic acids is 1. The van der Waals surface area contributed by atoms with Crippen LogP contribution in [0.4, 0.5) is 0 Å². The number of carbonyl (C=O) groups is 1. The summed E-state index contributed by atoms with van der Waals surface area (Å²) in [5, 5.41) is 0.624. The molecule has 0 radical (unpaired) electrons. The van der Waals surface area contributed by atoms with Crippen LogP contribution in [0, 0.1) is 6.92 Å². The van der Waals surface area contributed by atoms with E-state index in [1.165, 1.54) is 0 Å². The molecule has 104 valence electrons. The lowest BCUT2D eigenvalue weighted by molar-refractivity contribution is -0.129. The van der Waals surface area contributed by atoms with Gasteiger partial charge in [-0.2, -0.15) is 0 Å². The molecule has 2 aromatic carbocycles. The molecule has 4 heteroatoms. The van der Waals surface area contributed by atoms with Crippen molar-refractivity contribution in [1.29, 1.82) is 0 Å². The fraction of sp³-hybridized carbons (Fsp3) is 0.0588. The molecular formula is C17H12ClNO2. The van der Waals surface area contributed by atoms with Crippen molar-refractivity contribution in [3.8, 4) is 0 Å². The Morgan fingerprint density at radius 2 is 1.90 bits per heavy atom. The van der Waals surface area contributed by atoms with E-state index in [1.807, 2.05) is 31.2 Å². The Hall–Kier alpha value is -2.39. The van der Waals surface area contributed by atoms with Crippen molar-refractivity contribution in [3.63, 3.8) is 0 Å². The van der Waals surface area contributed by atoms with Crippen molar-refractivity contribution in [2.75, 3.05) is 0 Å². The quantitative estimate of drug-likeness (QED) is 0.621. The number of esters is 1. The third kappa shape index (κ3) is 3.03. The van der Waals surface area contributed by atoms with Gasteiger partial charge in [0.15, 0.2) is 5.70 Å². The molecule has 0 N–H and O–H groups in total. The molecule has 0 saturated carbocycles. The van der Waals surface area contributed by atoms with E-state index >= 15 is 0 Å². The molecule has 0 unspecified atom stereocenters. The Morgan fingerprint density at radius 3 is 2.62 bits per heavy atom. The molecule has 1 heterocycles. The molecule has 0 saturated heterocycles. The summed E-state index contributed by atoms with van der Waals surface area (Å²) in [6.07, 6.45) is 1.72. The highest BCUT2D eigenvalue weighted by Gasteiger charge is 2.23. The lowest BCUT2D eigenvalue weighted by Crippen LogP contribution is -2.05. The summed E-state index contributed by atoms with van der Waals surface area (Å²) in [7, 11) is 0. The van der Waals surface area contributed by atoms with Gasteiger partial charge in [-0.1, -0.05) is 41.4 Å². The van der Waals surface area contributed by atoms with Crippen LogP contribution in [0.25, 0.3) is 6.08 Å². The maximum absolute atomic E-state index is 11.9. The normalized spacial score (nSPS) is 16.0. The lowest BCUT2D eigenvalue weighted by Gasteiger charge is -1.98. The number of benzene rings is 2. The summed E-state index contributed by atoms with van der Waals surface area (Å²) in [5.74, 6) is -0.142. The predicted octanol–water partition coefficient (Wildman–Crippen LogP) is 3.99. The van der Waals surface area contributed by atoms with E-state index < -0.39 is 5.97 Å². The predicted molar refractivity (Wildman–Crippen MR) is 83.2 cm³/mol. The van der Waals surface area contributed by atoms with Gasteiger partial charge in [-0.3, -0.25) is 0 Å². The maximum atomic E-state index is 11.9. The summed E-state index contributed by atoms with van der Waals surface area (Å²) in [6, 6.07) is 14.8. The molecule has 21 heavy (non-hydrogen) atoms. The van der Waals surface area contributed by atoms with E-state index in [2.05, 4.69) is 4.99 Å². The highest BCUT2D eigenvalue weighted by Crippen LogP contribution is 2.20. The van der Waals surface area contributed by atoms with Crippen LogP contribution in [0.5, 0.6) is 0 Å². The third-order valence-corrected chi connectivity index (χ3v) is 3.31. The molecule has 0 aromatic heterocycles. The molecule has 0 spiro atoms. The second kappa shape index (κ2) is 5.54. The van der Waals surface area contributed by atoms with Crippen LogP contribution in [0.1, 0.15) is 16.7 Å². The molecule has 0 bridgehead atoms. The first-order chi connectivity index (χ1) is 10.1. The van der Waals surface area contributed by atoms with Gasteiger partial charge in [-0.15, -0.1) is 0 Å². The molecule has 0 atom stereocenters. The topological polar surface area (TPSA) is 38.7 Å². The molecule has 3 rings (SSSR count). The van der Waals surface area contributed by atoms with Crippen LogP contribution in [0.3, 0.4) is 0 Å². The van der Waals surface area contributed by atoms with E-state index in [1.54, 1.807) is 30.3 Å². The zero-order chi connectivity index (χ0) is 14.8. The largest absolute Gasteiger partial charge is 0.402 e. The number of hydrogen-bond acceptors (Lipinski definition) is 3. The van der Waals surface area contributed by atoms with Crippen LogP contribution in [-0.2, 0) is 9.53 Å². The SMILES string of the molecule is Cc1cccc(C=C2N=C(c3ccc(Cl)cc3)OC2=O)c1. The molecular weight excluding hydrogens is 286 g/mol. The highest BCUT2D eigenvalue weighted by molar-refractivity contribution is 6.30. The number of nitrogens with zero attached hydrogens (tertiary/aromatic N) is 1. The third-order valence-electron chi connectivity index (χ3n) is 3.06. The Labute approximate surface area is 127 Å². The molecule has 0 aliphatic carbocycles. The van der Waals surface area contributed by atoms with Crippen LogP contribution >= 0.6 is 11.6 Å². The van der Waals surface area contributed by atoms with Gasteiger partial charge >= 0.3 is 5.97 Å². The van der Waals surface area contributed by atoms with Gasteiger partial charge in [0.1, 0.15) is 0 Å². The zero-order valence-corrected chi connectivity index (χ0v) is 12.1. The zero-order valence-electron chi connectivity index (χ0n) is 11.3. The average molecular weight is 298 g/mol. The van der Waals surface area contributed by atoms with Crippen molar-refractivity contribution in [2.45, 2.75) is 6.92 Å². The number of ether oxygens (including phenoxy) is 1. The first-order valence-electron chi connectivity index (χ1n) is 6.47. The summed E-state index contributed by atoms with van der Waals surface area (Å²) in [4.78, 5) is 16.1. The Bertz CT molecular complexity index is 761. The van der Waals surface area contributed by atoms with Crippen LogP contribution in [-0.4, -0.2) is 11.9 Å². The standard InChI is InChI=1S/C17H12ClNO2/c1-11-3-2-4-12(9-11)10-15-17(20)21-16(19-15)13-5-7-14(18)8-6-13/h2-10H,1H3.